The van der Waals surface area contributed by atoms with E-state index in [4.69, 9.17) is 4.74 Å². The van der Waals surface area contributed by atoms with Crippen molar-refractivity contribution in [2.24, 2.45) is 5.92 Å². The summed E-state index contributed by atoms with van der Waals surface area (Å²) in [5, 5.41) is 3.54. The molecule has 0 saturated heterocycles. The number of halogens is 1. The van der Waals surface area contributed by atoms with Gasteiger partial charge in [0.25, 0.3) is 0 Å². The molecule has 0 aromatic heterocycles. The van der Waals surface area contributed by atoms with Crippen LogP contribution in [0.5, 0.6) is 0 Å². The van der Waals surface area contributed by atoms with Crippen molar-refractivity contribution < 1.29 is 4.74 Å². The molecule has 2 nitrogen and oxygen atoms in total. The molecule has 1 unspecified atom stereocenters. The maximum absolute atomic E-state index is 5.71. The number of benzene rings is 1. The van der Waals surface area contributed by atoms with E-state index in [0.29, 0.717) is 12.0 Å². The van der Waals surface area contributed by atoms with Gasteiger partial charge >= 0.3 is 0 Å². The third-order valence-electron chi connectivity index (χ3n) is 3.30. The van der Waals surface area contributed by atoms with E-state index >= 15 is 0 Å². The largest absolute Gasteiger partial charge is 0.379 e. The van der Waals surface area contributed by atoms with E-state index in [9.17, 15) is 0 Å². The summed E-state index contributed by atoms with van der Waals surface area (Å²) in [7, 11) is 0. The van der Waals surface area contributed by atoms with Crippen molar-refractivity contribution in [3.63, 3.8) is 0 Å². The van der Waals surface area contributed by atoms with Crippen LogP contribution in [0, 0.1) is 5.92 Å². The van der Waals surface area contributed by atoms with Gasteiger partial charge in [-0.3, -0.25) is 0 Å². The Hall–Kier alpha value is -0.380. The Morgan fingerprint density at radius 3 is 2.65 bits per heavy atom. The summed E-state index contributed by atoms with van der Waals surface area (Å²) in [6.07, 6.45) is 3.71. The van der Waals surface area contributed by atoms with Crippen molar-refractivity contribution in [2.45, 2.75) is 46.1 Å². The summed E-state index contributed by atoms with van der Waals surface area (Å²) < 4.78 is 6.92. The van der Waals surface area contributed by atoms with E-state index in [1.54, 1.807) is 0 Å². The first-order valence-electron chi connectivity index (χ1n) is 7.69. The van der Waals surface area contributed by atoms with Crippen molar-refractivity contribution in [2.75, 3.05) is 19.7 Å². The SMILES string of the molecule is CCCNCC(CCOC(C)C)Cc1ccccc1Br. The molecular formula is C17H28BrNO. The van der Waals surface area contributed by atoms with Gasteiger partial charge in [0.15, 0.2) is 0 Å². The van der Waals surface area contributed by atoms with E-state index in [1.807, 2.05) is 0 Å². The van der Waals surface area contributed by atoms with Crippen LogP contribution in [0.4, 0.5) is 0 Å². The molecule has 0 bridgehead atoms. The van der Waals surface area contributed by atoms with Crippen LogP contribution in [0.15, 0.2) is 28.7 Å². The standard InChI is InChI=1S/C17H28BrNO/c1-4-10-19-13-15(9-11-20-14(2)3)12-16-7-5-6-8-17(16)18/h5-8,14-15,19H,4,9-13H2,1-3H3. The van der Waals surface area contributed by atoms with E-state index < -0.39 is 0 Å². The summed E-state index contributed by atoms with van der Waals surface area (Å²) in [4.78, 5) is 0. The second kappa shape index (κ2) is 10.4. The molecule has 1 aromatic carbocycles. The Kier molecular flexibility index (Phi) is 9.16. The zero-order chi connectivity index (χ0) is 14.8. The molecule has 0 radical (unpaired) electrons. The Bertz CT molecular complexity index is 368. The van der Waals surface area contributed by atoms with E-state index in [1.165, 1.54) is 16.5 Å². The van der Waals surface area contributed by atoms with Crippen LogP contribution in [0.3, 0.4) is 0 Å². The minimum Gasteiger partial charge on any atom is -0.379 e. The Morgan fingerprint density at radius 1 is 1.25 bits per heavy atom. The molecule has 0 amide bonds. The molecule has 0 saturated carbocycles. The average molecular weight is 342 g/mol. The van der Waals surface area contributed by atoms with Gasteiger partial charge in [-0.25, -0.2) is 0 Å². The van der Waals surface area contributed by atoms with Crippen molar-refractivity contribution >= 4 is 15.9 Å². The number of nitrogens with one attached hydrogen (secondary N) is 1. The van der Waals surface area contributed by atoms with Crippen LogP contribution in [-0.2, 0) is 11.2 Å². The Balaban J connectivity index is 2.50. The van der Waals surface area contributed by atoms with Crippen LogP contribution in [0.1, 0.15) is 39.2 Å². The van der Waals surface area contributed by atoms with Crippen LogP contribution in [0.2, 0.25) is 0 Å². The maximum atomic E-state index is 5.71. The molecule has 1 N–H and O–H groups in total. The lowest BCUT2D eigenvalue weighted by atomic mass is 9.96. The highest BCUT2D eigenvalue weighted by atomic mass is 79.9. The highest BCUT2D eigenvalue weighted by molar-refractivity contribution is 9.10. The summed E-state index contributed by atoms with van der Waals surface area (Å²) in [6.45, 7) is 9.41. The van der Waals surface area contributed by atoms with E-state index in [0.717, 1.165) is 32.5 Å². The van der Waals surface area contributed by atoms with Crippen molar-refractivity contribution in [3.8, 4) is 0 Å². The van der Waals surface area contributed by atoms with Gasteiger partial charge in [-0.2, -0.15) is 0 Å². The molecule has 0 aliphatic carbocycles. The lowest BCUT2D eigenvalue weighted by Gasteiger charge is -2.19. The lowest BCUT2D eigenvalue weighted by Crippen LogP contribution is -2.26. The zero-order valence-electron chi connectivity index (χ0n) is 13.0. The predicted molar refractivity (Wildman–Crippen MR) is 90.2 cm³/mol. The number of hydrogen-bond donors (Lipinski definition) is 1. The second-order valence-electron chi connectivity index (χ2n) is 5.57. The third kappa shape index (κ3) is 7.41. The molecule has 0 fully saturated rings. The fourth-order valence-corrected chi connectivity index (χ4v) is 2.65. The fourth-order valence-electron chi connectivity index (χ4n) is 2.20. The fraction of sp³-hybridized carbons (Fsp3) is 0.647. The summed E-state index contributed by atoms with van der Waals surface area (Å²) >= 11 is 3.65. The molecule has 1 rings (SSSR count). The lowest BCUT2D eigenvalue weighted by molar-refractivity contribution is 0.0683. The normalized spacial score (nSPS) is 12.8. The molecule has 0 heterocycles. The monoisotopic (exact) mass is 341 g/mol. The Labute approximate surface area is 132 Å². The quantitative estimate of drug-likeness (QED) is 0.636. The first kappa shape index (κ1) is 17.7. The van der Waals surface area contributed by atoms with Gasteiger partial charge in [0, 0.05) is 11.1 Å². The summed E-state index contributed by atoms with van der Waals surface area (Å²) in [5.74, 6) is 0.624. The number of ether oxygens (including phenoxy) is 1. The van der Waals surface area contributed by atoms with Gasteiger partial charge in [0.2, 0.25) is 0 Å². The van der Waals surface area contributed by atoms with Crippen LogP contribution < -0.4 is 5.32 Å². The summed E-state index contributed by atoms with van der Waals surface area (Å²) in [5.41, 5.74) is 1.39. The first-order valence-corrected chi connectivity index (χ1v) is 8.48. The van der Waals surface area contributed by atoms with Gasteiger partial charge in [-0.15, -0.1) is 0 Å². The van der Waals surface area contributed by atoms with Gasteiger partial charge < -0.3 is 10.1 Å². The number of hydrogen-bond acceptors (Lipinski definition) is 2. The Morgan fingerprint density at radius 2 is 2.00 bits per heavy atom. The molecule has 0 aliphatic heterocycles. The molecule has 3 heteroatoms. The minimum atomic E-state index is 0.322. The average Bonchev–Trinajstić information content (AvgIpc) is 2.41. The van der Waals surface area contributed by atoms with Gasteiger partial charge in [-0.1, -0.05) is 41.1 Å². The van der Waals surface area contributed by atoms with E-state index in [2.05, 4.69) is 66.3 Å². The minimum absolute atomic E-state index is 0.322. The molecule has 0 spiro atoms. The highest BCUT2D eigenvalue weighted by Crippen LogP contribution is 2.21. The first-order chi connectivity index (χ1) is 9.63. The molecule has 1 aromatic rings. The molecule has 114 valence electrons. The summed E-state index contributed by atoms with van der Waals surface area (Å²) in [6, 6.07) is 8.51. The molecular weight excluding hydrogens is 314 g/mol. The predicted octanol–water partition coefficient (Wildman–Crippen LogP) is 4.42. The molecule has 0 aliphatic rings. The van der Waals surface area contributed by atoms with Gasteiger partial charge in [-0.05, 0) is 63.7 Å². The van der Waals surface area contributed by atoms with Gasteiger partial charge in [0.1, 0.15) is 0 Å². The molecule has 20 heavy (non-hydrogen) atoms. The zero-order valence-corrected chi connectivity index (χ0v) is 14.6. The highest BCUT2D eigenvalue weighted by Gasteiger charge is 2.11. The van der Waals surface area contributed by atoms with Crippen molar-refractivity contribution in [3.05, 3.63) is 34.3 Å². The van der Waals surface area contributed by atoms with Crippen molar-refractivity contribution in [1.82, 2.24) is 5.32 Å². The third-order valence-corrected chi connectivity index (χ3v) is 4.08. The van der Waals surface area contributed by atoms with Crippen LogP contribution in [0.25, 0.3) is 0 Å². The molecule has 1 atom stereocenters. The second-order valence-corrected chi connectivity index (χ2v) is 6.43. The smallest absolute Gasteiger partial charge is 0.0518 e. The number of rotatable bonds is 10. The van der Waals surface area contributed by atoms with E-state index in [-0.39, 0.29) is 0 Å². The van der Waals surface area contributed by atoms with Crippen molar-refractivity contribution in [1.29, 1.82) is 0 Å². The van der Waals surface area contributed by atoms with Crippen LogP contribution in [-0.4, -0.2) is 25.8 Å². The maximum Gasteiger partial charge on any atom is 0.0518 e. The van der Waals surface area contributed by atoms with Crippen LogP contribution >= 0.6 is 15.9 Å². The van der Waals surface area contributed by atoms with Gasteiger partial charge in [0.05, 0.1) is 6.10 Å². The topological polar surface area (TPSA) is 21.3 Å².